The fourth-order valence-electron chi connectivity index (χ4n) is 3.47. The number of hydrogen-bond donors (Lipinski definition) is 1. The summed E-state index contributed by atoms with van der Waals surface area (Å²) in [5.41, 5.74) is 3.79. The maximum absolute atomic E-state index is 12.5. The molecule has 23 heavy (non-hydrogen) atoms. The largest absolute Gasteiger partial charge is 0.218 e. The number of benzene rings is 1. The van der Waals surface area contributed by atoms with E-state index in [1.807, 2.05) is 19.9 Å². The highest BCUT2D eigenvalue weighted by atomic mass is 32.2. The topological polar surface area (TPSA) is 46.2 Å². The average molecular weight is 338 g/mol. The third-order valence-corrected chi connectivity index (χ3v) is 7.21. The fraction of sp³-hybridized carbons (Fsp3) is 0.684. The fourth-order valence-corrected chi connectivity index (χ4v) is 4.84. The second-order valence-electron chi connectivity index (χ2n) is 8.53. The molecule has 0 saturated carbocycles. The Morgan fingerprint density at radius 3 is 2.00 bits per heavy atom. The van der Waals surface area contributed by atoms with E-state index in [1.165, 1.54) is 11.1 Å². The van der Waals surface area contributed by atoms with Crippen LogP contribution < -0.4 is 4.72 Å². The van der Waals surface area contributed by atoms with Crippen LogP contribution >= 0.6 is 0 Å². The summed E-state index contributed by atoms with van der Waals surface area (Å²) in [7, 11) is -3.36. The molecule has 1 aliphatic rings. The van der Waals surface area contributed by atoms with Crippen LogP contribution in [0.1, 0.15) is 83.2 Å². The molecule has 0 aliphatic heterocycles. The molecule has 0 radical (unpaired) electrons. The van der Waals surface area contributed by atoms with Crippen molar-refractivity contribution in [2.45, 2.75) is 83.4 Å². The zero-order valence-electron chi connectivity index (χ0n) is 15.5. The summed E-state index contributed by atoms with van der Waals surface area (Å²) in [6.45, 7) is 14.5. The van der Waals surface area contributed by atoms with Crippen molar-refractivity contribution in [2.75, 3.05) is 0 Å². The number of rotatable bonds is 4. The summed E-state index contributed by atoms with van der Waals surface area (Å²) >= 11 is 0. The predicted molar refractivity (Wildman–Crippen MR) is 97.3 cm³/mol. The molecular formula is C19H31NO2S. The summed E-state index contributed by atoms with van der Waals surface area (Å²) in [5.74, 6) is 0. The van der Waals surface area contributed by atoms with Crippen molar-refractivity contribution in [1.82, 2.24) is 4.72 Å². The number of fused-ring (bicyclic) bond motifs is 1. The van der Waals surface area contributed by atoms with Gasteiger partial charge >= 0.3 is 0 Å². The summed E-state index contributed by atoms with van der Waals surface area (Å²) in [4.78, 5) is 0. The molecule has 1 atom stereocenters. The summed E-state index contributed by atoms with van der Waals surface area (Å²) in [6.07, 6.45) is 2.29. The third-order valence-electron chi connectivity index (χ3n) is 5.21. The summed E-state index contributed by atoms with van der Waals surface area (Å²) in [6, 6.07) is 6.18. The molecule has 1 aliphatic carbocycles. The maximum atomic E-state index is 12.5. The Hall–Kier alpha value is -0.870. The quantitative estimate of drug-likeness (QED) is 0.884. The van der Waals surface area contributed by atoms with E-state index in [1.54, 1.807) is 6.92 Å². The van der Waals surface area contributed by atoms with E-state index in [9.17, 15) is 8.42 Å². The van der Waals surface area contributed by atoms with Crippen LogP contribution in [0.4, 0.5) is 0 Å². The standard InChI is InChI=1S/C19H31NO2S/c1-13(2)20-23(21,22)14(3)15-8-9-16-17(12-15)19(6,7)11-10-18(16,4)5/h8-9,12-14,20H,10-11H2,1-7H3. The summed E-state index contributed by atoms with van der Waals surface area (Å²) < 4.78 is 27.7. The van der Waals surface area contributed by atoms with Crippen LogP contribution in [-0.4, -0.2) is 14.5 Å². The Bertz CT molecular complexity index is 687. The normalized spacial score (nSPS) is 21.0. The average Bonchev–Trinajstić information content (AvgIpc) is 2.41. The van der Waals surface area contributed by atoms with Gasteiger partial charge in [0.25, 0.3) is 0 Å². The molecule has 0 spiro atoms. The predicted octanol–water partition coefficient (Wildman–Crippen LogP) is 4.42. The maximum Gasteiger partial charge on any atom is 0.218 e. The van der Waals surface area contributed by atoms with Gasteiger partial charge in [-0.25, -0.2) is 13.1 Å². The summed E-state index contributed by atoms with van der Waals surface area (Å²) in [5, 5.41) is -0.545. The zero-order valence-corrected chi connectivity index (χ0v) is 16.3. The second-order valence-corrected chi connectivity index (χ2v) is 10.6. The molecule has 0 aromatic heterocycles. The van der Waals surface area contributed by atoms with Gasteiger partial charge in [-0.05, 0) is 61.1 Å². The van der Waals surface area contributed by atoms with Crippen LogP contribution in [0, 0.1) is 0 Å². The van der Waals surface area contributed by atoms with Crippen molar-refractivity contribution in [2.24, 2.45) is 0 Å². The van der Waals surface area contributed by atoms with Gasteiger partial charge in [0.15, 0.2) is 0 Å². The number of nitrogens with one attached hydrogen (secondary N) is 1. The van der Waals surface area contributed by atoms with Crippen LogP contribution in [0.5, 0.6) is 0 Å². The van der Waals surface area contributed by atoms with Crippen molar-refractivity contribution in [1.29, 1.82) is 0 Å². The first-order valence-corrected chi connectivity index (χ1v) is 10.1. The number of sulfonamides is 1. The van der Waals surface area contributed by atoms with Crippen molar-refractivity contribution in [3.63, 3.8) is 0 Å². The van der Waals surface area contributed by atoms with Gasteiger partial charge < -0.3 is 0 Å². The Morgan fingerprint density at radius 1 is 0.957 bits per heavy atom. The second kappa shape index (κ2) is 5.89. The van der Waals surface area contributed by atoms with Crippen molar-refractivity contribution >= 4 is 10.0 Å². The van der Waals surface area contributed by atoms with E-state index >= 15 is 0 Å². The van der Waals surface area contributed by atoms with Gasteiger partial charge in [-0.15, -0.1) is 0 Å². The van der Waals surface area contributed by atoms with Gasteiger partial charge in [0.05, 0.1) is 5.25 Å². The first-order chi connectivity index (χ1) is 10.4. The molecule has 0 fully saturated rings. The van der Waals surface area contributed by atoms with Crippen molar-refractivity contribution in [3.05, 3.63) is 34.9 Å². The van der Waals surface area contributed by atoms with Crippen LogP contribution in [0.3, 0.4) is 0 Å². The monoisotopic (exact) mass is 337 g/mol. The van der Waals surface area contributed by atoms with E-state index in [4.69, 9.17) is 0 Å². The zero-order chi connectivity index (χ0) is 17.6. The van der Waals surface area contributed by atoms with Gasteiger partial charge in [0.2, 0.25) is 10.0 Å². The molecule has 1 aromatic rings. The molecule has 4 heteroatoms. The van der Waals surface area contributed by atoms with Gasteiger partial charge in [0.1, 0.15) is 0 Å². The molecule has 0 bridgehead atoms. The molecule has 130 valence electrons. The lowest BCUT2D eigenvalue weighted by Gasteiger charge is -2.42. The van der Waals surface area contributed by atoms with Crippen LogP contribution in [0.25, 0.3) is 0 Å². The highest BCUT2D eigenvalue weighted by molar-refractivity contribution is 7.89. The Balaban J connectivity index is 2.49. The van der Waals surface area contributed by atoms with Gasteiger partial charge in [-0.1, -0.05) is 45.9 Å². The molecule has 0 saturated heterocycles. The van der Waals surface area contributed by atoms with E-state index in [0.717, 1.165) is 18.4 Å². The molecule has 2 rings (SSSR count). The van der Waals surface area contributed by atoms with Crippen LogP contribution in [0.15, 0.2) is 18.2 Å². The van der Waals surface area contributed by atoms with Crippen molar-refractivity contribution in [3.8, 4) is 0 Å². The van der Waals surface area contributed by atoms with Gasteiger partial charge in [0, 0.05) is 6.04 Å². The van der Waals surface area contributed by atoms with E-state index in [0.29, 0.717) is 0 Å². The van der Waals surface area contributed by atoms with Gasteiger partial charge in [-0.2, -0.15) is 0 Å². The minimum atomic E-state index is -3.36. The van der Waals surface area contributed by atoms with Crippen molar-refractivity contribution < 1.29 is 8.42 Å². The minimum absolute atomic E-state index is 0.0875. The van der Waals surface area contributed by atoms with Crippen LogP contribution in [0.2, 0.25) is 0 Å². The molecule has 1 unspecified atom stereocenters. The smallest absolute Gasteiger partial charge is 0.212 e. The SMILES string of the molecule is CC(C)NS(=O)(=O)C(C)c1ccc2c(c1)C(C)(C)CCC2(C)C. The molecule has 1 N–H and O–H groups in total. The molecule has 0 heterocycles. The Labute approximate surface area is 141 Å². The third kappa shape index (κ3) is 3.63. The molecular weight excluding hydrogens is 306 g/mol. The minimum Gasteiger partial charge on any atom is -0.212 e. The highest BCUT2D eigenvalue weighted by Gasteiger charge is 2.37. The van der Waals surface area contributed by atoms with E-state index < -0.39 is 15.3 Å². The van der Waals surface area contributed by atoms with E-state index in [-0.39, 0.29) is 16.9 Å². The first-order valence-electron chi connectivity index (χ1n) is 8.53. The van der Waals surface area contributed by atoms with E-state index in [2.05, 4.69) is 44.5 Å². The molecule has 0 amide bonds. The first kappa shape index (κ1) is 18.5. The Kier molecular flexibility index (Phi) is 4.73. The molecule has 1 aromatic carbocycles. The lowest BCUT2D eigenvalue weighted by atomic mass is 9.63. The highest BCUT2D eigenvalue weighted by Crippen LogP contribution is 2.46. The van der Waals surface area contributed by atoms with Gasteiger partial charge in [-0.3, -0.25) is 0 Å². The number of hydrogen-bond acceptors (Lipinski definition) is 2. The van der Waals surface area contributed by atoms with Crippen LogP contribution in [-0.2, 0) is 20.9 Å². The lowest BCUT2D eigenvalue weighted by molar-refractivity contribution is 0.331. The lowest BCUT2D eigenvalue weighted by Crippen LogP contribution is -2.35. The Morgan fingerprint density at radius 2 is 1.48 bits per heavy atom. The molecule has 3 nitrogen and oxygen atoms in total.